The van der Waals surface area contributed by atoms with Crippen LogP contribution in [0.3, 0.4) is 0 Å². The van der Waals surface area contributed by atoms with Crippen molar-refractivity contribution in [3.05, 3.63) is 0 Å². The zero-order valence-electron chi connectivity index (χ0n) is 6.25. The molecule has 2 aliphatic rings. The number of hydrogen-bond acceptors (Lipinski definition) is 2. The SMILES string of the molecule is NOCC1CCC2CC2C1. The molecular weight excluding hydrogens is 126 g/mol. The molecule has 0 bridgehead atoms. The second kappa shape index (κ2) is 2.51. The Hall–Kier alpha value is -0.0800. The highest BCUT2D eigenvalue weighted by atomic mass is 16.6. The minimum absolute atomic E-state index is 0.772. The molecule has 0 heterocycles. The van der Waals surface area contributed by atoms with Crippen LogP contribution in [0.5, 0.6) is 0 Å². The van der Waals surface area contributed by atoms with Gasteiger partial charge in [0.2, 0.25) is 0 Å². The first-order valence-electron chi connectivity index (χ1n) is 4.22. The quantitative estimate of drug-likeness (QED) is 0.588. The van der Waals surface area contributed by atoms with Crippen LogP contribution < -0.4 is 5.90 Å². The van der Waals surface area contributed by atoms with Crippen LogP contribution >= 0.6 is 0 Å². The van der Waals surface area contributed by atoms with E-state index in [9.17, 15) is 0 Å². The molecule has 0 aromatic carbocycles. The molecule has 0 amide bonds. The molecule has 10 heavy (non-hydrogen) atoms. The first-order valence-corrected chi connectivity index (χ1v) is 4.22. The molecule has 2 heteroatoms. The van der Waals surface area contributed by atoms with Crippen LogP contribution in [0.15, 0.2) is 0 Å². The van der Waals surface area contributed by atoms with Crippen molar-refractivity contribution in [2.75, 3.05) is 6.61 Å². The maximum Gasteiger partial charge on any atom is 0.0707 e. The molecule has 0 aromatic heterocycles. The summed E-state index contributed by atoms with van der Waals surface area (Å²) < 4.78 is 0. The molecular formula is C8H15NO. The van der Waals surface area contributed by atoms with Crippen molar-refractivity contribution < 1.29 is 4.84 Å². The van der Waals surface area contributed by atoms with Crippen LogP contribution in [0.25, 0.3) is 0 Å². The second-order valence-corrected chi connectivity index (χ2v) is 3.77. The molecule has 2 rings (SSSR count). The lowest BCUT2D eigenvalue weighted by atomic mass is 9.90. The average Bonchev–Trinajstić information content (AvgIpc) is 2.66. The molecule has 0 aromatic rings. The molecule has 0 aliphatic heterocycles. The first kappa shape index (κ1) is 6.62. The third-order valence-electron chi connectivity index (χ3n) is 2.98. The third kappa shape index (κ3) is 1.18. The van der Waals surface area contributed by atoms with Gasteiger partial charge < -0.3 is 4.84 Å². The van der Waals surface area contributed by atoms with E-state index in [4.69, 9.17) is 5.90 Å². The van der Waals surface area contributed by atoms with E-state index in [-0.39, 0.29) is 0 Å². The maximum absolute atomic E-state index is 5.02. The largest absolute Gasteiger partial charge is 0.304 e. The molecule has 0 spiro atoms. The van der Waals surface area contributed by atoms with Crippen LogP contribution in [0.2, 0.25) is 0 Å². The molecule has 58 valence electrons. The Labute approximate surface area is 61.7 Å². The molecule has 2 N–H and O–H groups in total. The highest BCUT2D eigenvalue weighted by molar-refractivity contribution is 4.92. The molecule has 3 atom stereocenters. The van der Waals surface area contributed by atoms with E-state index < -0.39 is 0 Å². The van der Waals surface area contributed by atoms with Crippen LogP contribution in [-0.2, 0) is 4.84 Å². The Kier molecular flexibility index (Phi) is 1.66. The number of rotatable bonds is 2. The number of hydrogen-bond donors (Lipinski definition) is 1. The summed E-state index contributed by atoms with van der Waals surface area (Å²) in [6.07, 6.45) is 5.64. The zero-order valence-corrected chi connectivity index (χ0v) is 6.25. The predicted octanol–water partition coefficient (Wildman–Crippen LogP) is 1.31. The van der Waals surface area contributed by atoms with E-state index in [1.165, 1.54) is 25.7 Å². The van der Waals surface area contributed by atoms with Gasteiger partial charge in [0.15, 0.2) is 0 Å². The van der Waals surface area contributed by atoms with Gasteiger partial charge in [0, 0.05) is 0 Å². The van der Waals surface area contributed by atoms with Gasteiger partial charge in [0.1, 0.15) is 0 Å². The summed E-state index contributed by atoms with van der Waals surface area (Å²) in [5, 5.41) is 0. The highest BCUT2D eigenvalue weighted by Gasteiger charge is 2.41. The monoisotopic (exact) mass is 141 g/mol. The summed E-state index contributed by atoms with van der Waals surface area (Å²) in [6.45, 7) is 0.781. The van der Waals surface area contributed by atoms with Gasteiger partial charge in [-0.3, -0.25) is 0 Å². The van der Waals surface area contributed by atoms with E-state index in [1.807, 2.05) is 0 Å². The minimum Gasteiger partial charge on any atom is -0.304 e. The first-order chi connectivity index (χ1) is 4.90. The van der Waals surface area contributed by atoms with Crippen LogP contribution in [0.4, 0.5) is 0 Å². The summed E-state index contributed by atoms with van der Waals surface area (Å²) >= 11 is 0. The fourth-order valence-electron chi connectivity index (χ4n) is 2.24. The molecule has 0 saturated heterocycles. The fourth-order valence-corrected chi connectivity index (χ4v) is 2.24. The van der Waals surface area contributed by atoms with Crippen molar-refractivity contribution in [1.82, 2.24) is 0 Å². The normalized spacial score (nSPS) is 44.7. The molecule has 0 radical (unpaired) electrons. The lowest BCUT2D eigenvalue weighted by Crippen LogP contribution is -2.16. The Bertz CT molecular complexity index is 126. The fraction of sp³-hybridized carbons (Fsp3) is 1.00. The second-order valence-electron chi connectivity index (χ2n) is 3.77. The molecule has 2 saturated carbocycles. The molecule has 2 aliphatic carbocycles. The number of nitrogens with two attached hydrogens (primary N) is 1. The average molecular weight is 141 g/mol. The van der Waals surface area contributed by atoms with Crippen LogP contribution in [0, 0.1) is 17.8 Å². The van der Waals surface area contributed by atoms with E-state index in [2.05, 4.69) is 4.84 Å². The standard InChI is InChI=1S/C8H15NO/c9-10-5-6-1-2-7-4-8(7)3-6/h6-8H,1-5,9H2. The maximum atomic E-state index is 5.02. The van der Waals surface area contributed by atoms with E-state index >= 15 is 0 Å². The Morgan fingerprint density at radius 2 is 2.10 bits per heavy atom. The van der Waals surface area contributed by atoms with Crippen molar-refractivity contribution in [2.45, 2.75) is 25.7 Å². The number of fused-ring (bicyclic) bond motifs is 1. The van der Waals surface area contributed by atoms with Crippen molar-refractivity contribution in [3.8, 4) is 0 Å². The summed E-state index contributed by atoms with van der Waals surface area (Å²) in [6, 6.07) is 0. The predicted molar refractivity (Wildman–Crippen MR) is 39.1 cm³/mol. The lowest BCUT2D eigenvalue weighted by Gasteiger charge is -2.19. The van der Waals surface area contributed by atoms with Gasteiger partial charge in [0.25, 0.3) is 0 Å². The topological polar surface area (TPSA) is 35.2 Å². The highest BCUT2D eigenvalue weighted by Crippen LogP contribution is 2.51. The zero-order chi connectivity index (χ0) is 6.97. The van der Waals surface area contributed by atoms with Gasteiger partial charge in [-0.05, 0) is 43.4 Å². The summed E-state index contributed by atoms with van der Waals surface area (Å²) in [5.74, 6) is 7.93. The summed E-state index contributed by atoms with van der Waals surface area (Å²) in [4.78, 5) is 4.65. The van der Waals surface area contributed by atoms with E-state index in [1.54, 1.807) is 0 Å². The Morgan fingerprint density at radius 3 is 2.80 bits per heavy atom. The van der Waals surface area contributed by atoms with Crippen molar-refractivity contribution in [1.29, 1.82) is 0 Å². The Balaban J connectivity index is 1.77. The van der Waals surface area contributed by atoms with Crippen molar-refractivity contribution in [2.24, 2.45) is 23.7 Å². The van der Waals surface area contributed by atoms with Crippen molar-refractivity contribution >= 4 is 0 Å². The van der Waals surface area contributed by atoms with Gasteiger partial charge in [-0.2, -0.15) is 0 Å². The van der Waals surface area contributed by atoms with Gasteiger partial charge in [-0.25, -0.2) is 5.90 Å². The minimum atomic E-state index is 0.772. The third-order valence-corrected chi connectivity index (χ3v) is 2.98. The molecule has 2 nitrogen and oxygen atoms in total. The van der Waals surface area contributed by atoms with Gasteiger partial charge in [0.05, 0.1) is 6.61 Å². The van der Waals surface area contributed by atoms with Crippen LogP contribution in [0.1, 0.15) is 25.7 Å². The van der Waals surface area contributed by atoms with Crippen LogP contribution in [-0.4, -0.2) is 6.61 Å². The van der Waals surface area contributed by atoms with Gasteiger partial charge in [-0.1, -0.05) is 0 Å². The van der Waals surface area contributed by atoms with Gasteiger partial charge >= 0.3 is 0 Å². The molecule has 2 fully saturated rings. The smallest absolute Gasteiger partial charge is 0.0707 e. The van der Waals surface area contributed by atoms with Crippen molar-refractivity contribution in [3.63, 3.8) is 0 Å². The molecule has 3 unspecified atom stereocenters. The van der Waals surface area contributed by atoms with E-state index in [0.717, 1.165) is 24.4 Å². The summed E-state index contributed by atoms with van der Waals surface area (Å²) in [5.41, 5.74) is 0. The lowest BCUT2D eigenvalue weighted by molar-refractivity contribution is 0.0847. The summed E-state index contributed by atoms with van der Waals surface area (Å²) in [7, 11) is 0. The van der Waals surface area contributed by atoms with E-state index in [0.29, 0.717) is 0 Å². The van der Waals surface area contributed by atoms with Gasteiger partial charge in [-0.15, -0.1) is 0 Å². The Morgan fingerprint density at radius 1 is 1.20 bits per heavy atom.